The van der Waals surface area contributed by atoms with Crippen LogP contribution < -0.4 is 4.72 Å². The number of sulfonamides is 1. The zero-order chi connectivity index (χ0) is 17.3. The van der Waals surface area contributed by atoms with Crippen molar-refractivity contribution in [2.75, 3.05) is 4.72 Å². The van der Waals surface area contributed by atoms with E-state index in [2.05, 4.69) is 14.7 Å². The van der Waals surface area contributed by atoms with Gasteiger partial charge in [-0.15, -0.1) is 0 Å². The van der Waals surface area contributed by atoms with Gasteiger partial charge in [-0.2, -0.15) is 0 Å². The molecule has 0 radical (unpaired) electrons. The minimum atomic E-state index is -3.66. The second-order valence-electron chi connectivity index (χ2n) is 5.53. The van der Waals surface area contributed by atoms with Crippen molar-refractivity contribution in [2.24, 2.45) is 0 Å². The topological polar surface area (TPSA) is 72.0 Å². The van der Waals surface area contributed by atoms with Crippen LogP contribution in [0.1, 0.15) is 16.8 Å². The number of anilines is 1. The first-order valence-corrected chi connectivity index (χ1v) is 9.65. The summed E-state index contributed by atoms with van der Waals surface area (Å²) in [7, 11) is -3.66. The Morgan fingerprint density at radius 1 is 1.08 bits per heavy atom. The van der Waals surface area contributed by atoms with Gasteiger partial charge in [-0.3, -0.25) is 9.71 Å². The van der Waals surface area contributed by atoms with Crippen LogP contribution >= 0.6 is 11.3 Å². The van der Waals surface area contributed by atoms with E-state index in [1.807, 2.05) is 32.9 Å². The van der Waals surface area contributed by atoms with E-state index in [1.165, 1.54) is 11.3 Å². The molecule has 5 nitrogen and oxygen atoms in total. The summed E-state index contributed by atoms with van der Waals surface area (Å²) in [5.41, 5.74) is 3.68. The largest absolute Gasteiger partial charge is 0.264 e. The Hall–Kier alpha value is -2.25. The lowest BCUT2D eigenvalue weighted by Gasteiger charge is -2.07. The zero-order valence-electron chi connectivity index (χ0n) is 13.6. The molecule has 1 N–H and O–H groups in total. The van der Waals surface area contributed by atoms with Gasteiger partial charge < -0.3 is 0 Å². The standard InChI is InChI=1S/C17H17N3O2S2/c1-11-6-7-15(9-12(11)2)24(21,22)20-17-19-13(3)16(23-17)14-5-4-8-18-10-14/h4-10H,1-3H3,(H,19,20). The molecule has 0 aliphatic rings. The minimum Gasteiger partial charge on any atom is -0.264 e. The molecule has 3 rings (SSSR count). The first-order valence-electron chi connectivity index (χ1n) is 7.35. The van der Waals surface area contributed by atoms with E-state index in [4.69, 9.17) is 0 Å². The van der Waals surface area contributed by atoms with Gasteiger partial charge >= 0.3 is 0 Å². The van der Waals surface area contributed by atoms with E-state index in [-0.39, 0.29) is 4.90 Å². The summed E-state index contributed by atoms with van der Waals surface area (Å²) in [4.78, 5) is 9.57. The molecule has 0 fully saturated rings. The average molecular weight is 359 g/mol. The summed E-state index contributed by atoms with van der Waals surface area (Å²) >= 11 is 1.30. The van der Waals surface area contributed by atoms with Crippen molar-refractivity contribution in [3.8, 4) is 10.4 Å². The quantitative estimate of drug-likeness (QED) is 0.766. The monoisotopic (exact) mass is 359 g/mol. The van der Waals surface area contributed by atoms with Crippen LogP contribution in [0.5, 0.6) is 0 Å². The van der Waals surface area contributed by atoms with Gasteiger partial charge in [0.15, 0.2) is 5.13 Å². The molecule has 0 spiro atoms. The smallest absolute Gasteiger partial charge is 0.263 e. The van der Waals surface area contributed by atoms with E-state index < -0.39 is 10.0 Å². The van der Waals surface area contributed by atoms with Crippen LogP contribution in [0.15, 0.2) is 47.6 Å². The second kappa shape index (κ2) is 6.33. The molecule has 0 aliphatic carbocycles. The van der Waals surface area contributed by atoms with Crippen LogP contribution in [0.2, 0.25) is 0 Å². The van der Waals surface area contributed by atoms with Gasteiger partial charge in [-0.05, 0) is 50.1 Å². The van der Waals surface area contributed by atoms with Gasteiger partial charge in [-0.1, -0.05) is 23.5 Å². The average Bonchev–Trinajstić information content (AvgIpc) is 2.90. The third-order valence-corrected chi connectivity index (χ3v) is 6.32. The molecule has 1 aromatic carbocycles. The Kier molecular flexibility index (Phi) is 4.38. The van der Waals surface area contributed by atoms with Crippen LogP contribution in [0.3, 0.4) is 0 Å². The van der Waals surface area contributed by atoms with Gasteiger partial charge in [0.25, 0.3) is 10.0 Å². The van der Waals surface area contributed by atoms with Crippen molar-refractivity contribution in [1.29, 1.82) is 0 Å². The Morgan fingerprint density at radius 2 is 1.88 bits per heavy atom. The maximum atomic E-state index is 12.6. The number of hydrogen-bond donors (Lipinski definition) is 1. The SMILES string of the molecule is Cc1ccc(S(=O)(=O)Nc2nc(C)c(-c3cccnc3)s2)cc1C. The number of nitrogens with one attached hydrogen (secondary N) is 1. The lowest BCUT2D eigenvalue weighted by Crippen LogP contribution is -2.13. The lowest BCUT2D eigenvalue weighted by atomic mass is 10.1. The predicted molar refractivity (Wildman–Crippen MR) is 96.8 cm³/mol. The molecule has 24 heavy (non-hydrogen) atoms. The van der Waals surface area contributed by atoms with Crippen molar-refractivity contribution >= 4 is 26.5 Å². The Labute approximate surface area is 145 Å². The fourth-order valence-electron chi connectivity index (χ4n) is 2.26. The highest BCUT2D eigenvalue weighted by atomic mass is 32.2. The minimum absolute atomic E-state index is 0.237. The highest BCUT2D eigenvalue weighted by Gasteiger charge is 2.18. The Morgan fingerprint density at radius 3 is 2.54 bits per heavy atom. The van der Waals surface area contributed by atoms with Crippen LogP contribution in [0.25, 0.3) is 10.4 Å². The molecule has 0 bridgehead atoms. The van der Waals surface area contributed by atoms with E-state index in [0.29, 0.717) is 5.13 Å². The number of nitrogens with zero attached hydrogens (tertiary/aromatic N) is 2. The summed E-state index contributed by atoms with van der Waals surface area (Å²) < 4.78 is 27.7. The highest BCUT2D eigenvalue weighted by Crippen LogP contribution is 2.33. The molecule has 2 heterocycles. The molecule has 0 atom stereocenters. The van der Waals surface area contributed by atoms with Gasteiger partial charge in [0.2, 0.25) is 0 Å². The molecule has 0 saturated carbocycles. The molecule has 0 aliphatic heterocycles. The number of rotatable bonds is 4. The van der Waals surface area contributed by atoms with Crippen LogP contribution in [0.4, 0.5) is 5.13 Å². The van der Waals surface area contributed by atoms with E-state index in [9.17, 15) is 8.42 Å². The van der Waals surface area contributed by atoms with E-state index in [0.717, 1.165) is 27.3 Å². The van der Waals surface area contributed by atoms with Gasteiger partial charge in [-0.25, -0.2) is 13.4 Å². The third-order valence-electron chi connectivity index (χ3n) is 3.73. The molecule has 0 amide bonds. The van der Waals surface area contributed by atoms with E-state index in [1.54, 1.807) is 30.6 Å². The Balaban J connectivity index is 1.92. The predicted octanol–water partition coefficient (Wildman–Crippen LogP) is 3.93. The van der Waals surface area contributed by atoms with Gasteiger partial charge in [0.1, 0.15) is 0 Å². The number of thiazole rings is 1. The first-order chi connectivity index (χ1) is 11.4. The first kappa shape index (κ1) is 16.6. The molecule has 124 valence electrons. The normalized spacial score (nSPS) is 11.5. The summed E-state index contributed by atoms with van der Waals surface area (Å²) in [5, 5.41) is 0.351. The van der Waals surface area contributed by atoms with Crippen molar-refractivity contribution in [3.63, 3.8) is 0 Å². The fourth-order valence-corrected chi connectivity index (χ4v) is 4.54. The number of aromatic nitrogens is 2. The summed E-state index contributed by atoms with van der Waals surface area (Å²) in [6.07, 6.45) is 3.44. The molecular weight excluding hydrogens is 342 g/mol. The molecule has 0 unspecified atom stereocenters. The van der Waals surface area contributed by atoms with Gasteiger partial charge in [0.05, 0.1) is 15.5 Å². The zero-order valence-corrected chi connectivity index (χ0v) is 15.2. The number of pyridine rings is 1. The number of hydrogen-bond acceptors (Lipinski definition) is 5. The van der Waals surface area contributed by atoms with Crippen molar-refractivity contribution in [1.82, 2.24) is 9.97 Å². The van der Waals surface area contributed by atoms with E-state index >= 15 is 0 Å². The summed E-state index contributed by atoms with van der Waals surface area (Å²) in [6.45, 7) is 5.69. The van der Waals surface area contributed by atoms with Crippen LogP contribution in [0, 0.1) is 20.8 Å². The molecule has 3 aromatic rings. The Bertz CT molecular complexity index is 980. The molecule has 0 saturated heterocycles. The molecule has 7 heteroatoms. The maximum absolute atomic E-state index is 12.6. The highest BCUT2D eigenvalue weighted by molar-refractivity contribution is 7.93. The lowest BCUT2D eigenvalue weighted by molar-refractivity contribution is 0.601. The number of benzene rings is 1. The van der Waals surface area contributed by atoms with Crippen molar-refractivity contribution in [3.05, 3.63) is 59.5 Å². The van der Waals surface area contributed by atoms with Crippen molar-refractivity contribution < 1.29 is 8.42 Å². The van der Waals surface area contributed by atoms with Crippen molar-refractivity contribution in [2.45, 2.75) is 25.7 Å². The van der Waals surface area contributed by atoms with Crippen LogP contribution in [-0.4, -0.2) is 18.4 Å². The summed E-state index contributed by atoms with van der Waals surface area (Å²) in [5.74, 6) is 0. The molecular formula is C17H17N3O2S2. The van der Waals surface area contributed by atoms with Gasteiger partial charge in [0, 0.05) is 18.0 Å². The second-order valence-corrected chi connectivity index (χ2v) is 8.21. The fraction of sp³-hybridized carbons (Fsp3) is 0.176. The number of aryl methyl sites for hydroxylation is 3. The molecule has 2 aromatic heterocycles. The summed E-state index contributed by atoms with van der Waals surface area (Å²) in [6, 6.07) is 8.84. The van der Waals surface area contributed by atoms with Crippen LogP contribution in [-0.2, 0) is 10.0 Å². The third kappa shape index (κ3) is 3.32. The maximum Gasteiger partial charge on any atom is 0.263 e.